The Bertz CT molecular complexity index is 808. The zero-order valence-corrected chi connectivity index (χ0v) is 15.8. The smallest absolute Gasteiger partial charge is 0.416 e. The molecule has 0 bridgehead atoms. The molecular formula is C18H15F3INO3. The van der Waals surface area contributed by atoms with E-state index in [4.69, 9.17) is 4.74 Å². The Kier molecular flexibility index (Phi) is 6.63. The van der Waals surface area contributed by atoms with Gasteiger partial charge in [-0.2, -0.15) is 13.2 Å². The van der Waals surface area contributed by atoms with Crippen LogP contribution in [0.5, 0.6) is 0 Å². The lowest BCUT2D eigenvalue weighted by Gasteiger charge is -2.17. The highest BCUT2D eigenvalue weighted by molar-refractivity contribution is 14.1. The van der Waals surface area contributed by atoms with Crippen LogP contribution in [0.15, 0.2) is 48.5 Å². The second-order valence-corrected chi connectivity index (χ2v) is 6.71. The summed E-state index contributed by atoms with van der Waals surface area (Å²) in [4.78, 5) is 24.3. The van der Waals surface area contributed by atoms with E-state index in [1.54, 1.807) is 12.1 Å². The Morgan fingerprint density at radius 3 is 2.46 bits per heavy atom. The third-order valence-corrected chi connectivity index (χ3v) is 4.24. The van der Waals surface area contributed by atoms with E-state index in [0.29, 0.717) is 0 Å². The van der Waals surface area contributed by atoms with E-state index in [1.165, 1.54) is 13.2 Å². The molecule has 138 valence electrons. The first-order valence-corrected chi connectivity index (χ1v) is 8.59. The van der Waals surface area contributed by atoms with Crippen molar-refractivity contribution in [3.63, 3.8) is 0 Å². The molecule has 26 heavy (non-hydrogen) atoms. The molecule has 0 aromatic heterocycles. The van der Waals surface area contributed by atoms with Crippen LogP contribution in [-0.4, -0.2) is 25.0 Å². The molecule has 2 aromatic carbocycles. The fraction of sp³-hybridized carbons (Fsp3) is 0.222. The van der Waals surface area contributed by atoms with E-state index >= 15 is 0 Å². The highest BCUT2D eigenvalue weighted by Gasteiger charge is 2.31. The molecule has 1 N–H and O–H groups in total. The summed E-state index contributed by atoms with van der Waals surface area (Å²) in [6, 6.07) is 10.3. The maximum atomic E-state index is 12.8. The van der Waals surface area contributed by atoms with Gasteiger partial charge < -0.3 is 10.1 Å². The molecule has 1 atom stereocenters. The second kappa shape index (κ2) is 8.52. The number of halogens is 4. The number of ether oxygens (including phenoxy) is 1. The Balaban J connectivity index is 2.20. The van der Waals surface area contributed by atoms with Gasteiger partial charge >= 0.3 is 12.1 Å². The molecule has 0 heterocycles. The van der Waals surface area contributed by atoms with Crippen LogP contribution in [0.4, 0.5) is 13.2 Å². The predicted octanol–water partition coefficient (Wildman–Crippen LogP) is 3.82. The molecule has 0 aliphatic heterocycles. The van der Waals surface area contributed by atoms with Gasteiger partial charge in [0.25, 0.3) is 5.91 Å². The standard InChI is InChI=1S/C18H15F3INO3/c1-26-17(25)15(9-11-4-2-7-14(22)8-11)23-16(24)12-5-3-6-13(10-12)18(19,20)21/h2-8,10,15H,9H2,1H3,(H,23,24)/t15-/m1/s1. The highest BCUT2D eigenvalue weighted by Crippen LogP contribution is 2.29. The van der Waals surface area contributed by atoms with E-state index in [-0.39, 0.29) is 12.0 Å². The van der Waals surface area contributed by atoms with Crippen molar-refractivity contribution in [3.8, 4) is 0 Å². The maximum Gasteiger partial charge on any atom is 0.416 e. The normalized spacial score (nSPS) is 12.3. The number of esters is 1. The van der Waals surface area contributed by atoms with E-state index in [9.17, 15) is 22.8 Å². The molecule has 8 heteroatoms. The number of carbonyl (C=O) groups is 2. The minimum atomic E-state index is -4.56. The van der Waals surface area contributed by atoms with Gasteiger partial charge in [-0.1, -0.05) is 18.2 Å². The summed E-state index contributed by atoms with van der Waals surface area (Å²) in [6.45, 7) is 0. The summed E-state index contributed by atoms with van der Waals surface area (Å²) in [5, 5.41) is 2.45. The first kappa shape index (κ1) is 20.2. The first-order chi connectivity index (χ1) is 12.2. The summed E-state index contributed by atoms with van der Waals surface area (Å²) >= 11 is 2.11. The number of benzene rings is 2. The molecule has 0 radical (unpaired) electrons. The van der Waals surface area contributed by atoms with E-state index in [2.05, 4.69) is 27.9 Å². The Labute approximate surface area is 161 Å². The lowest BCUT2D eigenvalue weighted by atomic mass is 10.0. The van der Waals surface area contributed by atoms with Crippen LogP contribution in [0.2, 0.25) is 0 Å². The molecule has 2 aromatic rings. The number of alkyl halides is 3. The van der Waals surface area contributed by atoms with E-state index in [1.807, 2.05) is 12.1 Å². The Morgan fingerprint density at radius 2 is 1.85 bits per heavy atom. The predicted molar refractivity (Wildman–Crippen MR) is 97.6 cm³/mol. The van der Waals surface area contributed by atoms with Crippen LogP contribution in [0.1, 0.15) is 21.5 Å². The summed E-state index contributed by atoms with van der Waals surface area (Å²) in [7, 11) is 1.18. The zero-order valence-electron chi connectivity index (χ0n) is 13.6. The number of nitrogens with one attached hydrogen (secondary N) is 1. The minimum absolute atomic E-state index is 0.161. The Morgan fingerprint density at radius 1 is 1.15 bits per heavy atom. The van der Waals surface area contributed by atoms with Crippen molar-refractivity contribution < 1.29 is 27.5 Å². The van der Waals surface area contributed by atoms with Crippen molar-refractivity contribution in [1.29, 1.82) is 0 Å². The second-order valence-electron chi connectivity index (χ2n) is 5.46. The van der Waals surface area contributed by atoms with Crippen molar-refractivity contribution in [2.24, 2.45) is 0 Å². The molecule has 1 amide bonds. The van der Waals surface area contributed by atoms with Gasteiger partial charge in [0.2, 0.25) is 0 Å². The van der Waals surface area contributed by atoms with Crippen LogP contribution < -0.4 is 5.32 Å². The van der Waals surface area contributed by atoms with Crippen molar-refractivity contribution in [2.75, 3.05) is 7.11 Å². The molecule has 0 aliphatic carbocycles. The molecular weight excluding hydrogens is 462 g/mol. The van der Waals surface area contributed by atoms with Gasteiger partial charge in [-0.25, -0.2) is 4.79 Å². The topological polar surface area (TPSA) is 55.4 Å². The van der Waals surface area contributed by atoms with E-state index in [0.717, 1.165) is 27.3 Å². The number of hydrogen-bond acceptors (Lipinski definition) is 3. The van der Waals surface area contributed by atoms with Gasteiger partial charge in [0.05, 0.1) is 12.7 Å². The zero-order chi connectivity index (χ0) is 19.3. The van der Waals surface area contributed by atoms with Crippen molar-refractivity contribution >= 4 is 34.5 Å². The van der Waals surface area contributed by atoms with Gasteiger partial charge in [0.15, 0.2) is 0 Å². The van der Waals surface area contributed by atoms with Crippen LogP contribution >= 0.6 is 22.6 Å². The number of hydrogen-bond donors (Lipinski definition) is 1. The molecule has 0 spiro atoms. The number of amides is 1. The SMILES string of the molecule is COC(=O)[C@@H](Cc1cccc(I)c1)NC(=O)c1cccc(C(F)(F)F)c1. The van der Waals surface area contributed by atoms with Crippen LogP contribution in [0.25, 0.3) is 0 Å². The van der Waals surface area contributed by atoms with Crippen LogP contribution in [-0.2, 0) is 22.1 Å². The number of methoxy groups -OCH3 is 1. The highest BCUT2D eigenvalue weighted by atomic mass is 127. The van der Waals surface area contributed by atoms with Crippen molar-refractivity contribution in [1.82, 2.24) is 5.32 Å². The average Bonchev–Trinajstić information content (AvgIpc) is 2.60. The summed E-state index contributed by atoms with van der Waals surface area (Å²) in [5.74, 6) is -1.46. The molecule has 0 aliphatic rings. The summed E-state index contributed by atoms with van der Waals surface area (Å²) in [5.41, 5.74) is -0.328. The average molecular weight is 477 g/mol. The number of rotatable bonds is 5. The molecule has 0 fully saturated rings. The fourth-order valence-electron chi connectivity index (χ4n) is 2.31. The molecule has 2 rings (SSSR count). The first-order valence-electron chi connectivity index (χ1n) is 7.51. The molecule has 0 unspecified atom stereocenters. The van der Waals surface area contributed by atoms with Gasteiger partial charge in [0, 0.05) is 15.6 Å². The van der Waals surface area contributed by atoms with Gasteiger partial charge in [0.1, 0.15) is 6.04 Å². The molecule has 4 nitrogen and oxygen atoms in total. The van der Waals surface area contributed by atoms with Crippen LogP contribution in [0, 0.1) is 3.57 Å². The third-order valence-electron chi connectivity index (χ3n) is 3.57. The quantitative estimate of drug-likeness (QED) is 0.527. The van der Waals surface area contributed by atoms with Gasteiger partial charge in [-0.05, 0) is 58.5 Å². The monoisotopic (exact) mass is 477 g/mol. The summed E-state index contributed by atoms with van der Waals surface area (Å²) < 4.78 is 44.0. The van der Waals surface area contributed by atoms with Crippen molar-refractivity contribution in [3.05, 3.63) is 68.8 Å². The lowest BCUT2D eigenvalue weighted by molar-refractivity contribution is -0.143. The lowest BCUT2D eigenvalue weighted by Crippen LogP contribution is -2.43. The number of carbonyl (C=O) groups excluding carboxylic acids is 2. The minimum Gasteiger partial charge on any atom is -0.467 e. The third kappa shape index (κ3) is 5.45. The Hall–Kier alpha value is -2.10. The maximum absolute atomic E-state index is 12.8. The summed E-state index contributed by atoms with van der Waals surface area (Å²) in [6.07, 6.45) is -4.40. The van der Waals surface area contributed by atoms with Crippen LogP contribution in [0.3, 0.4) is 0 Å². The molecule has 0 saturated heterocycles. The van der Waals surface area contributed by atoms with Crippen molar-refractivity contribution in [2.45, 2.75) is 18.6 Å². The van der Waals surface area contributed by atoms with E-state index < -0.39 is 29.7 Å². The fourth-order valence-corrected chi connectivity index (χ4v) is 2.92. The van der Waals surface area contributed by atoms with Gasteiger partial charge in [-0.3, -0.25) is 4.79 Å². The van der Waals surface area contributed by atoms with Gasteiger partial charge in [-0.15, -0.1) is 0 Å². The molecule has 0 saturated carbocycles. The largest absolute Gasteiger partial charge is 0.467 e.